The molecular weight excluding hydrogens is 454 g/mol. The minimum absolute atomic E-state index is 0.0998. The zero-order valence-corrected chi connectivity index (χ0v) is 19.4. The van der Waals surface area contributed by atoms with E-state index in [1.54, 1.807) is 12.3 Å². The largest absolute Gasteiger partial charge is 0.496 e. The lowest BCUT2D eigenvalue weighted by molar-refractivity contribution is -0.0490. The third-order valence-electron chi connectivity index (χ3n) is 6.09. The molecule has 0 spiro atoms. The number of rotatable bonds is 7. The first kappa shape index (κ1) is 24.3. The van der Waals surface area contributed by atoms with Crippen LogP contribution in [-0.2, 0) is 14.9 Å². The Bertz CT molecular complexity index is 1170. The molecule has 1 N–H and O–H groups in total. The van der Waals surface area contributed by atoms with Crippen LogP contribution in [0.25, 0.3) is 5.52 Å². The van der Waals surface area contributed by atoms with Crippen molar-refractivity contribution in [2.45, 2.75) is 58.0 Å². The first-order valence-electron chi connectivity index (χ1n) is 10.6. The molecule has 0 bridgehead atoms. The molecule has 0 amide bonds. The Balaban J connectivity index is 1.71. The van der Waals surface area contributed by atoms with Crippen molar-refractivity contribution in [2.75, 3.05) is 6.61 Å². The van der Waals surface area contributed by atoms with Crippen LogP contribution in [0.1, 0.15) is 40.3 Å². The maximum atomic E-state index is 13.2. The molecule has 1 aliphatic heterocycles. The Hall–Kier alpha value is -2.83. The van der Waals surface area contributed by atoms with Crippen molar-refractivity contribution in [1.29, 1.82) is 0 Å². The molecule has 4 heterocycles. The molecule has 34 heavy (non-hydrogen) atoms. The summed E-state index contributed by atoms with van der Waals surface area (Å²) in [6.45, 7) is 5.64. The summed E-state index contributed by atoms with van der Waals surface area (Å²) in [4.78, 5) is 3.90. The minimum Gasteiger partial charge on any atom is -0.488 e. The van der Waals surface area contributed by atoms with Gasteiger partial charge in [-0.15, -0.1) is 0 Å². The molecule has 1 unspecified atom stereocenters. The van der Waals surface area contributed by atoms with Gasteiger partial charge in [0.05, 0.1) is 29.3 Å². The topological polar surface area (TPSA) is 87.3 Å². The van der Waals surface area contributed by atoms with Gasteiger partial charge in [0.25, 0.3) is 0 Å². The van der Waals surface area contributed by atoms with Crippen LogP contribution in [0.4, 0.5) is 13.2 Å². The highest BCUT2D eigenvalue weighted by molar-refractivity contribution is 6.62. The van der Waals surface area contributed by atoms with Gasteiger partial charge in [0.2, 0.25) is 0 Å². The van der Waals surface area contributed by atoms with Gasteiger partial charge in [-0.25, -0.2) is 8.91 Å². The van der Waals surface area contributed by atoms with E-state index in [9.17, 15) is 18.3 Å². The predicted molar refractivity (Wildman–Crippen MR) is 117 cm³/mol. The van der Waals surface area contributed by atoms with E-state index in [1.165, 1.54) is 23.6 Å². The molecule has 1 saturated heterocycles. The van der Waals surface area contributed by atoms with Gasteiger partial charge in [0.1, 0.15) is 23.8 Å². The van der Waals surface area contributed by atoms with Gasteiger partial charge in [-0.3, -0.25) is 4.98 Å². The molecule has 0 saturated carbocycles. The van der Waals surface area contributed by atoms with Crippen molar-refractivity contribution < 1.29 is 37.1 Å². The number of ether oxygens (including phenoxy) is 2. The summed E-state index contributed by atoms with van der Waals surface area (Å²) < 4.78 is 63.1. The average molecular weight is 479 g/mol. The van der Waals surface area contributed by atoms with Gasteiger partial charge in [0, 0.05) is 11.7 Å². The van der Waals surface area contributed by atoms with E-state index in [0.29, 0.717) is 5.46 Å². The third-order valence-corrected chi connectivity index (χ3v) is 6.09. The monoisotopic (exact) mass is 479 g/mol. The second kappa shape index (κ2) is 8.44. The standard InChI is InChI=1S/C22H25BF3N3O5/c1-20(2)21(3,4)34-23(33-20)13-8-15(18-16(32-19(25)26)10-28-29(18)11-13)31-12-22(5,30)17-7-6-14(24)9-27-17/h6-11,19,30H,12H2,1-5H3. The van der Waals surface area contributed by atoms with E-state index in [0.717, 1.165) is 12.4 Å². The van der Waals surface area contributed by atoms with E-state index in [4.69, 9.17) is 14.0 Å². The number of pyridine rings is 2. The number of hydrogen-bond acceptors (Lipinski definition) is 7. The predicted octanol–water partition coefficient (Wildman–Crippen LogP) is 3.06. The maximum absolute atomic E-state index is 13.2. The number of hydrogen-bond donors (Lipinski definition) is 1. The molecule has 3 aromatic rings. The zero-order valence-electron chi connectivity index (χ0n) is 19.4. The molecule has 8 nitrogen and oxygen atoms in total. The summed E-state index contributed by atoms with van der Waals surface area (Å²) in [6, 6.07) is 4.06. The van der Waals surface area contributed by atoms with E-state index < -0.39 is 36.4 Å². The molecule has 182 valence electrons. The number of aromatic nitrogens is 3. The summed E-state index contributed by atoms with van der Waals surface area (Å²) >= 11 is 0. The lowest BCUT2D eigenvalue weighted by atomic mass is 9.80. The van der Waals surface area contributed by atoms with Crippen LogP contribution >= 0.6 is 0 Å². The summed E-state index contributed by atoms with van der Waals surface area (Å²) in [5.41, 5.74) is -2.02. The van der Waals surface area contributed by atoms with Crippen LogP contribution in [-0.4, -0.2) is 51.2 Å². The average Bonchev–Trinajstić information content (AvgIpc) is 3.23. The zero-order chi connectivity index (χ0) is 24.9. The maximum Gasteiger partial charge on any atom is 0.496 e. The summed E-state index contributed by atoms with van der Waals surface area (Å²) in [7, 11) is -0.778. The molecule has 1 aliphatic rings. The van der Waals surface area contributed by atoms with Gasteiger partial charge >= 0.3 is 13.7 Å². The summed E-state index contributed by atoms with van der Waals surface area (Å²) in [6.07, 6.45) is 3.69. The summed E-state index contributed by atoms with van der Waals surface area (Å²) in [5, 5.41) is 15.0. The van der Waals surface area contributed by atoms with Crippen LogP contribution in [0.2, 0.25) is 0 Å². The van der Waals surface area contributed by atoms with E-state index >= 15 is 0 Å². The number of nitrogens with zero attached hydrogens (tertiary/aromatic N) is 3. The van der Waals surface area contributed by atoms with E-state index in [2.05, 4.69) is 14.8 Å². The second-order valence-corrected chi connectivity index (χ2v) is 9.33. The fraction of sp³-hybridized carbons (Fsp3) is 0.455. The molecule has 3 aromatic heterocycles. The van der Waals surface area contributed by atoms with Crippen molar-refractivity contribution in [2.24, 2.45) is 0 Å². The first-order valence-corrected chi connectivity index (χ1v) is 10.6. The van der Waals surface area contributed by atoms with Gasteiger partial charge < -0.3 is 23.9 Å². The number of aliphatic hydroxyl groups is 1. The Kier molecular flexibility index (Phi) is 6.03. The van der Waals surface area contributed by atoms with Crippen LogP contribution in [0.15, 0.2) is 36.8 Å². The van der Waals surface area contributed by atoms with Crippen LogP contribution < -0.4 is 14.9 Å². The molecule has 1 fully saturated rings. The van der Waals surface area contributed by atoms with Crippen molar-refractivity contribution >= 4 is 18.1 Å². The fourth-order valence-corrected chi connectivity index (χ4v) is 3.46. The second-order valence-electron chi connectivity index (χ2n) is 9.33. The minimum atomic E-state index is -3.07. The highest BCUT2D eigenvalue weighted by Crippen LogP contribution is 2.37. The van der Waals surface area contributed by atoms with Crippen molar-refractivity contribution in [1.82, 2.24) is 14.6 Å². The van der Waals surface area contributed by atoms with Crippen LogP contribution in [0.3, 0.4) is 0 Å². The SMILES string of the molecule is CC(O)(COc1cc(B2OC(C)(C)C(C)(C)O2)cn2ncc(OC(F)F)c12)c1ccc(F)cn1. The lowest BCUT2D eigenvalue weighted by Gasteiger charge is -2.32. The number of alkyl halides is 2. The van der Waals surface area contributed by atoms with E-state index in [-0.39, 0.29) is 29.3 Å². The summed E-state index contributed by atoms with van der Waals surface area (Å²) in [5.74, 6) is -0.655. The smallest absolute Gasteiger partial charge is 0.488 e. The number of halogens is 3. The Labute approximate surface area is 194 Å². The van der Waals surface area contributed by atoms with Gasteiger partial charge in [-0.2, -0.15) is 13.9 Å². The van der Waals surface area contributed by atoms with E-state index in [1.807, 2.05) is 27.7 Å². The first-order chi connectivity index (χ1) is 15.8. The normalized spacial score (nSPS) is 18.9. The fourth-order valence-electron chi connectivity index (χ4n) is 3.46. The van der Waals surface area contributed by atoms with Gasteiger partial charge in [-0.1, -0.05) is 0 Å². The molecule has 0 aliphatic carbocycles. The van der Waals surface area contributed by atoms with Crippen LogP contribution in [0.5, 0.6) is 11.5 Å². The molecular formula is C22H25BF3N3O5. The Morgan fingerprint density at radius 2 is 1.82 bits per heavy atom. The van der Waals surface area contributed by atoms with Crippen molar-refractivity contribution in [3.05, 3.63) is 48.3 Å². The van der Waals surface area contributed by atoms with Crippen LogP contribution in [0, 0.1) is 5.82 Å². The molecule has 12 heteroatoms. The highest BCUT2D eigenvalue weighted by atomic mass is 19.3. The molecule has 0 radical (unpaired) electrons. The van der Waals surface area contributed by atoms with Crippen molar-refractivity contribution in [3.8, 4) is 11.5 Å². The highest BCUT2D eigenvalue weighted by Gasteiger charge is 2.52. The molecule has 0 aromatic carbocycles. The lowest BCUT2D eigenvalue weighted by Crippen LogP contribution is -2.41. The van der Waals surface area contributed by atoms with Crippen molar-refractivity contribution in [3.63, 3.8) is 0 Å². The molecule has 4 rings (SSSR count). The van der Waals surface area contributed by atoms with Gasteiger partial charge in [0.15, 0.2) is 11.3 Å². The van der Waals surface area contributed by atoms with Gasteiger partial charge in [-0.05, 0) is 52.8 Å². The number of fused-ring (bicyclic) bond motifs is 1. The Morgan fingerprint density at radius 1 is 1.15 bits per heavy atom. The Morgan fingerprint density at radius 3 is 2.41 bits per heavy atom. The third kappa shape index (κ3) is 4.57. The quantitative estimate of drug-likeness (QED) is 0.522. The molecule has 1 atom stereocenters.